The Labute approximate surface area is 203 Å². The van der Waals surface area contributed by atoms with Gasteiger partial charge in [0.25, 0.3) is 11.9 Å². The highest BCUT2D eigenvalue weighted by molar-refractivity contribution is 7.17. The highest BCUT2D eigenvalue weighted by Crippen LogP contribution is 2.31. The van der Waals surface area contributed by atoms with Gasteiger partial charge in [0.1, 0.15) is 11.3 Å². The molecule has 3 heterocycles. The summed E-state index contributed by atoms with van der Waals surface area (Å²) in [4.78, 5) is 23.7. The number of nitrogens with zero attached hydrogens (tertiary/aromatic N) is 3. The highest BCUT2D eigenvalue weighted by Gasteiger charge is 2.24. The molecule has 0 atom stereocenters. The Hall–Kier alpha value is -3.36. The molecule has 0 aliphatic carbocycles. The number of piperidine rings is 1. The van der Waals surface area contributed by atoms with E-state index in [1.54, 1.807) is 7.11 Å². The number of ether oxygens (including phenoxy) is 1. The number of thiophene rings is 1. The van der Waals surface area contributed by atoms with Gasteiger partial charge in [-0.25, -0.2) is 0 Å². The fraction of sp³-hybridized carbons (Fsp3) is 0.308. The van der Waals surface area contributed by atoms with Gasteiger partial charge in [-0.2, -0.15) is 4.98 Å². The van der Waals surface area contributed by atoms with Gasteiger partial charge in [0.2, 0.25) is 0 Å². The molecule has 0 unspecified atom stereocenters. The maximum atomic E-state index is 12.9. The molecule has 1 saturated heterocycles. The Balaban J connectivity index is 1.29. The van der Waals surface area contributed by atoms with Gasteiger partial charge in [-0.1, -0.05) is 12.1 Å². The predicted molar refractivity (Wildman–Crippen MR) is 137 cm³/mol. The number of anilines is 2. The molecule has 1 aliphatic rings. The molecule has 0 spiro atoms. The fourth-order valence-electron chi connectivity index (χ4n) is 4.27. The van der Waals surface area contributed by atoms with Crippen molar-refractivity contribution in [3.8, 4) is 16.2 Å². The third-order valence-electron chi connectivity index (χ3n) is 6.36. The van der Waals surface area contributed by atoms with E-state index in [9.17, 15) is 4.79 Å². The largest absolute Gasteiger partial charge is 0.497 e. The van der Waals surface area contributed by atoms with E-state index >= 15 is 0 Å². The minimum Gasteiger partial charge on any atom is -0.497 e. The van der Waals surface area contributed by atoms with Crippen LogP contribution in [0.2, 0.25) is 0 Å². The summed E-state index contributed by atoms with van der Waals surface area (Å²) < 4.78 is 11.3. The molecule has 2 aromatic carbocycles. The lowest BCUT2D eigenvalue weighted by atomic mass is 10.0. The van der Waals surface area contributed by atoms with Crippen LogP contribution >= 0.6 is 11.3 Å². The SMILES string of the molecule is COc1cccc(-c2ccc(C(=O)Nc3ccc4oc(N(C)C5CCN(C)CC5)nc4c3)s2)c1. The van der Waals surface area contributed by atoms with Crippen molar-refractivity contribution in [3.63, 3.8) is 0 Å². The van der Waals surface area contributed by atoms with Gasteiger partial charge in [-0.3, -0.25) is 4.79 Å². The number of fused-ring (bicyclic) bond motifs is 1. The first-order valence-corrected chi connectivity index (χ1v) is 12.2. The summed E-state index contributed by atoms with van der Waals surface area (Å²) in [5.74, 6) is 0.643. The molecule has 0 radical (unpaired) electrons. The minimum atomic E-state index is -0.148. The van der Waals surface area contributed by atoms with Gasteiger partial charge in [0.05, 0.1) is 12.0 Å². The van der Waals surface area contributed by atoms with E-state index in [-0.39, 0.29) is 5.91 Å². The number of hydrogen-bond acceptors (Lipinski definition) is 7. The lowest BCUT2D eigenvalue weighted by Gasteiger charge is -2.34. The van der Waals surface area contributed by atoms with Crippen LogP contribution in [0.1, 0.15) is 22.5 Å². The van der Waals surface area contributed by atoms with E-state index < -0.39 is 0 Å². The number of methoxy groups -OCH3 is 1. The van der Waals surface area contributed by atoms with Gasteiger partial charge in [-0.05, 0) is 81.0 Å². The summed E-state index contributed by atoms with van der Waals surface area (Å²) in [5.41, 5.74) is 3.16. The second-order valence-corrected chi connectivity index (χ2v) is 9.76. The number of nitrogens with one attached hydrogen (secondary N) is 1. The molecule has 176 valence electrons. The van der Waals surface area contributed by atoms with Crippen molar-refractivity contribution in [3.05, 3.63) is 59.5 Å². The van der Waals surface area contributed by atoms with Crippen molar-refractivity contribution < 1.29 is 13.9 Å². The second kappa shape index (κ2) is 9.48. The van der Waals surface area contributed by atoms with E-state index in [2.05, 4.69) is 22.2 Å². The van der Waals surface area contributed by atoms with Gasteiger partial charge >= 0.3 is 0 Å². The summed E-state index contributed by atoms with van der Waals surface area (Å²) in [6, 6.07) is 18.2. The Morgan fingerprint density at radius 3 is 2.79 bits per heavy atom. The monoisotopic (exact) mass is 476 g/mol. The van der Waals surface area contributed by atoms with E-state index in [1.807, 2.05) is 61.6 Å². The van der Waals surface area contributed by atoms with Crippen LogP contribution in [0.15, 0.2) is 59.0 Å². The van der Waals surface area contributed by atoms with Crippen molar-refractivity contribution in [2.75, 3.05) is 44.5 Å². The number of hydrogen-bond donors (Lipinski definition) is 1. The number of likely N-dealkylation sites (tertiary alicyclic amines) is 1. The predicted octanol–water partition coefficient (Wildman–Crippen LogP) is 5.35. The van der Waals surface area contributed by atoms with Crippen LogP contribution < -0.4 is 15.0 Å². The van der Waals surface area contributed by atoms with Crippen LogP contribution in [0, 0.1) is 0 Å². The molecule has 4 aromatic rings. The summed E-state index contributed by atoms with van der Waals surface area (Å²) in [5, 5.41) is 2.99. The molecule has 0 bridgehead atoms. The lowest BCUT2D eigenvalue weighted by Crippen LogP contribution is -2.42. The van der Waals surface area contributed by atoms with Gasteiger partial charge in [0.15, 0.2) is 5.58 Å². The lowest BCUT2D eigenvalue weighted by molar-refractivity contribution is 0.103. The van der Waals surface area contributed by atoms with Crippen LogP contribution in [0.3, 0.4) is 0 Å². The van der Waals surface area contributed by atoms with Gasteiger partial charge < -0.3 is 24.3 Å². The van der Waals surface area contributed by atoms with E-state index in [1.165, 1.54) is 11.3 Å². The molecule has 0 saturated carbocycles. The maximum Gasteiger partial charge on any atom is 0.298 e. The van der Waals surface area contributed by atoms with Crippen molar-refractivity contribution in [2.24, 2.45) is 0 Å². The van der Waals surface area contributed by atoms with Crippen LogP contribution in [0.5, 0.6) is 5.75 Å². The Bertz CT molecular complexity index is 1310. The topological polar surface area (TPSA) is 70.8 Å². The smallest absolute Gasteiger partial charge is 0.298 e. The molecular weight excluding hydrogens is 448 g/mol. The second-order valence-electron chi connectivity index (χ2n) is 8.67. The number of aromatic nitrogens is 1. The number of carbonyl (C=O) groups excluding carboxylic acids is 1. The van der Waals surface area contributed by atoms with Crippen LogP contribution in [-0.2, 0) is 0 Å². The Kier molecular flexibility index (Phi) is 6.26. The van der Waals surface area contributed by atoms with Crippen LogP contribution in [0.25, 0.3) is 21.5 Å². The molecule has 2 aromatic heterocycles. The first-order chi connectivity index (χ1) is 16.5. The summed E-state index contributed by atoms with van der Waals surface area (Å²) >= 11 is 1.45. The first-order valence-electron chi connectivity index (χ1n) is 11.4. The standard InChI is InChI=1S/C26H28N4O3S/c1-29-13-11-19(12-14-29)30(2)26-28-21-16-18(7-8-22(21)33-26)27-25(31)24-10-9-23(34-24)17-5-4-6-20(15-17)32-3/h4-10,15-16,19H,11-14H2,1-3H3,(H,27,31). The molecule has 7 nitrogen and oxygen atoms in total. The molecule has 1 aliphatic heterocycles. The van der Waals surface area contributed by atoms with Gasteiger partial charge in [0, 0.05) is 23.7 Å². The summed E-state index contributed by atoms with van der Waals surface area (Å²) in [6.45, 7) is 2.15. The highest BCUT2D eigenvalue weighted by atomic mass is 32.1. The van der Waals surface area contributed by atoms with E-state index in [0.717, 1.165) is 47.6 Å². The van der Waals surface area contributed by atoms with Crippen molar-refractivity contribution in [1.29, 1.82) is 0 Å². The number of amides is 1. The van der Waals surface area contributed by atoms with E-state index in [4.69, 9.17) is 14.1 Å². The number of carbonyl (C=O) groups is 1. The molecule has 34 heavy (non-hydrogen) atoms. The molecule has 8 heteroatoms. The molecular formula is C26H28N4O3S. The third kappa shape index (κ3) is 4.64. The Morgan fingerprint density at radius 2 is 2.00 bits per heavy atom. The molecule has 1 fully saturated rings. The zero-order valence-electron chi connectivity index (χ0n) is 19.6. The normalized spacial score (nSPS) is 14.9. The number of benzene rings is 2. The number of rotatable bonds is 6. The van der Waals surface area contributed by atoms with Crippen molar-refractivity contribution in [2.45, 2.75) is 18.9 Å². The molecule has 1 amide bonds. The molecule has 5 rings (SSSR count). The first kappa shape index (κ1) is 22.4. The van der Waals surface area contributed by atoms with Crippen LogP contribution in [-0.4, -0.2) is 56.1 Å². The zero-order chi connectivity index (χ0) is 23.7. The summed E-state index contributed by atoms with van der Waals surface area (Å²) in [6.07, 6.45) is 2.18. The zero-order valence-corrected chi connectivity index (χ0v) is 20.4. The minimum absolute atomic E-state index is 0.148. The van der Waals surface area contributed by atoms with E-state index in [0.29, 0.717) is 28.2 Å². The van der Waals surface area contributed by atoms with Gasteiger partial charge in [-0.15, -0.1) is 11.3 Å². The molecule has 1 N–H and O–H groups in total. The average Bonchev–Trinajstić information content (AvgIpc) is 3.52. The maximum absolute atomic E-state index is 12.9. The van der Waals surface area contributed by atoms with Crippen LogP contribution in [0.4, 0.5) is 11.7 Å². The Morgan fingerprint density at radius 1 is 1.18 bits per heavy atom. The number of oxazole rings is 1. The average molecular weight is 477 g/mol. The third-order valence-corrected chi connectivity index (χ3v) is 7.49. The van der Waals surface area contributed by atoms with Crippen molar-refractivity contribution in [1.82, 2.24) is 9.88 Å². The summed E-state index contributed by atoms with van der Waals surface area (Å²) in [7, 11) is 5.84. The quantitative estimate of drug-likeness (QED) is 0.405. The van der Waals surface area contributed by atoms with Crippen molar-refractivity contribution >= 4 is 40.0 Å². The fourth-order valence-corrected chi connectivity index (χ4v) is 5.16.